The molecular weight excluding hydrogens is 482 g/mol. The number of hydrogen-bond acceptors (Lipinski definition) is 6. The van der Waals surface area contributed by atoms with Crippen LogP contribution in [0.1, 0.15) is 34.6 Å². The van der Waals surface area contributed by atoms with Crippen molar-refractivity contribution in [2.75, 3.05) is 17.3 Å². The molecule has 1 aromatic heterocycles. The molecule has 0 unspecified atom stereocenters. The van der Waals surface area contributed by atoms with Gasteiger partial charge in [0.15, 0.2) is 0 Å². The third-order valence-electron chi connectivity index (χ3n) is 5.69. The Labute approximate surface area is 220 Å². The predicted molar refractivity (Wildman–Crippen MR) is 144 cm³/mol. The van der Waals surface area contributed by atoms with Crippen LogP contribution in [0.3, 0.4) is 0 Å². The molecule has 0 aliphatic heterocycles. The highest BCUT2D eigenvalue weighted by Crippen LogP contribution is 2.32. The minimum Gasteiger partial charge on any atom is -0.497 e. The third-order valence-corrected chi connectivity index (χ3v) is 5.69. The first-order chi connectivity index (χ1) is 18.5. The van der Waals surface area contributed by atoms with Crippen LogP contribution in [-0.2, 0) is 16.1 Å². The quantitative estimate of drug-likeness (QED) is 0.351. The minimum absolute atomic E-state index is 0.0619. The molecule has 1 atom stereocenters. The van der Waals surface area contributed by atoms with Gasteiger partial charge in [-0.3, -0.25) is 24.3 Å². The number of methoxy groups -OCH3 is 1. The maximum absolute atomic E-state index is 13.9. The van der Waals surface area contributed by atoms with Gasteiger partial charge < -0.3 is 15.4 Å². The number of ether oxygens (including phenoxy) is 1. The van der Waals surface area contributed by atoms with Crippen LogP contribution in [-0.4, -0.2) is 34.8 Å². The van der Waals surface area contributed by atoms with Gasteiger partial charge in [-0.25, -0.2) is 4.98 Å². The molecule has 0 aliphatic carbocycles. The Balaban J connectivity index is 1.81. The Morgan fingerprint density at radius 3 is 2.37 bits per heavy atom. The van der Waals surface area contributed by atoms with E-state index in [2.05, 4.69) is 20.6 Å². The highest BCUT2D eigenvalue weighted by molar-refractivity contribution is 6.09. The molecule has 0 saturated heterocycles. The van der Waals surface area contributed by atoms with Crippen molar-refractivity contribution in [1.82, 2.24) is 15.3 Å². The van der Waals surface area contributed by atoms with Crippen LogP contribution < -0.4 is 20.3 Å². The normalized spacial score (nSPS) is 11.2. The van der Waals surface area contributed by atoms with Crippen LogP contribution in [0.25, 0.3) is 0 Å². The van der Waals surface area contributed by atoms with E-state index in [0.717, 1.165) is 5.56 Å². The summed E-state index contributed by atoms with van der Waals surface area (Å²) in [6, 6.07) is 22.1. The lowest BCUT2D eigenvalue weighted by Crippen LogP contribution is -2.44. The number of benzene rings is 3. The maximum Gasteiger partial charge on any atom is 0.279 e. The summed E-state index contributed by atoms with van der Waals surface area (Å²) >= 11 is 0. The molecule has 0 bridgehead atoms. The Morgan fingerprint density at radius 2 is 1.71 bits per heavy atom. The fraction of sp³-hybridized carbons (Fsp3) is 0.138. The van der Waals surface area contributed by atoms with Gasteiger partial charge in [-0.15, -0.1) is 0 Å². The van der Waals surface area contributed by atoms with Gasteiger partial charge in [0.25, 0.3) is 5.91 Å². The standard InChI is InChI=1S/C29H27N5O4/c1-20(35)33-23-9-6-10-24(17-23)34(29(37)26-19-30-15-16-31-26)27(22-11-13-25(38-2)14-12-22)28(36)32-18-21-7-4-3-5-8-21/h3-17,19,27H,18H2,1-2H3,(H,32,36)(H,33,35)/t27-/m0/s1. The molecule has 4 aromatic rings. The molecule has 38 heavy (non-hydrogen) atoms. The summed E-state index contributed by atoms with van der Waals surface area (Å²) in [6.45, 7) is 1.66. The lowest BCUT2D eigenvalue weighted by Gasteiger charge is -2.31. The molecule has 4 rings (SSSR count). The number of anilines is 2. The first-order valence-corrected chi connectivity index (χ1v) is 11.9. The average molecular weight is 510 g/mol. The van der Waals surface area contributed by atoms with Gasteiger partial charge in [-0.05, 0) is 41.5 Å². The van der Waals surface area contributed by atoms with E-state index < -0.39 is 17.9 Å². The molecular formula is C29H27N5O4. The number of carbonyl (C=O) groups is 3. The third kappa shape index (κ3) is 6.38. The molecule has 0 saturated carbocycles. The minimum atomic E-state index is -1.08. The van der Waals surface area contributed by atoms with E-state index in [-0.39, 0.29) is 18.1 Å². The zero-order valence-electron chi connectivity index (χ0n) is 21.0. The second-order valence-corrected chi connectivity index (χ2v) is 8.38. The van der Waals surface area contributed by atoms with E-state index >= 15 is 0 Å². The molecule has 0 spiro atoms. The first-order valence-electron chi connectivity index (χ1n) is 11.9. The number of amides is 3. The topological polar surface area (TPSA) is 114 Å². The number of hydrogen-bond donors (Lipinski definition) is 2. The van der Waals surface area contributed by atoms with Crippen molar-refractivity contribution in [3.8, 4) is 5.75 Å². The van der Waals surface area contributed by atoms with Gasteiger partial charge in [0.2, 0.25) is 11.8 Å². The van der Waals surface area contributed by atoms with E-state index in [1.165, 1.54) is 30.4 Å². The van der Waals surface area contributed by atoms with E-state index in [4.69, 9.17) is 4.74 Å². The van der Waals surface area contributed by atoms with Crippen LogP contribution >= 0.6 is 0 Å². The van der Waals surface area contributed by atoms with Gasteiger partial charge in [0.05, 0.1) is 13.3 Å². The van der Waals surface area contributed by atoms with Crippen LogP contribution in [0.2, 0.25) is 0 Å². The van der Waals surface area contributed by atoms with Crippen LogP contribution in [0.15, 0.2) is 97.5 Å². The van der Waals surface area contributed by atoms with Crippen molar-refractivity contribution in [2.24, 2.45) is 0 Å². The fourth-order valence-electron chi connectivity index (χ4n) is 3.94. The maximum atomic E-state index is 13.9. The second kappa shape index (κ2) is 12.3. The summed E-state index contributed by atoms with van der Waals surface area (Å²) in [5.41, 5.74) is 2.40. The van der Waals surface area contributed by atoms with Crippen LogP contribution in [0.5, 0.6) is 5.75 Å². The van der Waals surface area contributed by atoms with Gasteiger partial charge in [-0.1, -0.05) is 48.5 Å². The van der Waals surface area contributed by atoms with Gasteiger partial charge >= 0.3 is 0 Å². The van der Waals surface area contributed by atoms with E-state index in [9.17, 15) is 14.4 Å². The zero-order valence-corrected chi connectivity index (χ0v) is 21.0. The van der Waals surface area contributed by atoms with Crippen molar-refractivity contribution >= 4 is 29.1 Å². The largest absolute Gasteiger partial charge is 0.497 e. The molecule has 1 heterocycles. The summed E-state index contributed by atoms with van der Waals surface area (Å²) in [4.78, 5) is 49.0. The van der Waals surface area contributed by atoms with E-state index in [1.807, 2.05) is 30.3 Å². The van der Waals surface area contributed by atoms with Gasteiger partial charge in [0.1, 0.15) is 17.5 Å². The summed E-state index contributed by atoms with van der Waals surface area (Å²) < 4.78 is 5.29. The fourth-order valence-corrected chi connectivity index (χ4v) is 3.94. The number of nitrogens with one attached hydrogen (secondary N) is 2. The monoisotopic (exact) mass is 509 g/mol. The number of nitrogens with zero attached hydrogens (tertiary/aromatic N) is 3. The van der Waals surface area contributed by atoms with Crippen molar-refractivity contribution in [3.63, 3.8) is 0 Å². The molecule has 0 radical (unpaired) electrons. The highest BCUT2D eigenvalue weighted by Gasteiger charge is 2.34. The van der Waals surface area contributed by atoms with Crippen LogP contribution in [0, 0.1) is 0 Å². The predicted octanol–water partition coefficient (Wildman–Crippen LogP) is 4.15. The summed E-state index contributed by atoms with van der Waals surface area (Å²) in [6.07, 6.45) is 4.23. The van der Waals surface area contributed by atoms with Crippen molar-refractivity contribution < 1.29 is 19.1 Å². The molecule has 2 N–H and O–H groups in total. The molecule has 9 nitrogen and oxygen atoms in total. The van der Waals surface area contributed by atoms with E-state index in [1.54, 1.807) is 55.6 Å². The molecule has 3 amide bonds. The molecule has 3 aromatic carbocycles. The van der Waals surface area contributed by atoms with Gasteiger partial charge in [0, 0.05) is 37.2 Å². The molecule has 9 heteroatoms. The Bertz CT molecular complexity index is 1400. The lowest BCUT2D eigenvalue weighted by molar-refractivity contribution is -0.122. The average Bonchev–Trinajstić information content (AvgIpc) is 2.95. The molecule has 0 fully saturated rings. The zero-order chi connectivity index (χ0) is 26.9. The number of rotatable bonds is 9. The highest BCUT2D eigenvalue weighted by atomic mass is 16.5. The van der Waals surface area contributed by atoms with Gasteiger partial charge in [-0.2, -0.15) is 0 Å². The SMILES string of the molecule is COc1ccc([C@@H](C(=O)NCc2ccccc2)N(C(=O)c2cnccn2)c2cccc(NC(C)=O)c2)cc1. The summed E-state index contributed by atoms with van der Waals surface area (Å²) in [5, 5.41) is 5.69. The van der Waals surface area contributed by atoms with Crippen molar-refractivity contribution in [3.05, 3.63) is 114 Å². The van der Waals surface area contributed by atoms with Crippen molar-refractivity contribution in [2.45, 2.75) is 19.5 Å². The van der Waals surface area contributed by atoms with E-state index in [0.29, 0.717) is 22.7 Å². The smallest absolute Gasteiger partial charge is 0.279 e. The lowest BCUT2D eigenvalue weighted by atomic mass is 10.0. The number of carbonyl (C=O) groups excluding carboxylic acids is 3. The van der Waals surface area contributed by atoms with Crippen LogP contribution in [0.4, 0.5) is 11.4 Å². The number of aromatic nitrogens is 2. The molecule has 0 aliphatic rings. The first kappa shape index (κ1) is 26.0. The Morgan fingerprint density at radius 1 is 0.947 bits per heavy atom. The summed E-state index contributed by atoms with van der Waals surface area (Å²) in [7, 11) is 1.55. The second-order valence-electron chi connectivity index (χ2n) is 8.38. The molecule has 192 valence electrons. The summed E-state index contributed by atoms with van der Waals surface area (Å²) in [5.74, 6) is -0.590. The Hall–Kier alpha value is -5.05. The Kier molecular flexibility index (Phi) is 8.40. The van der Waals surface area contributed by atoms with Crippen molar-refractivity contribution in [1.29, 1.82) is 0 Å².